The van der Waals surface area contributed by atoms with E-state index in [2.05, 4.69) is 5.32 Å². The van der Waals surface area contributed by atoms with Crippen LogP contribution < -0.4 is 11.1 Å². The highest BCUT2D eigenvalue weighted by Crippen LogP contribution is 2.13. The predicted octanol–water partition coefficient (Wildman–Crippen LogP) is 0.267. The Morgan fingerprint density at radius 3 is 3.00 bits per heavy atom. The van der Waals surface area contributed by atoms with Crippen LogP contribution >= 0.6 is 0 Å². The fraction of sp³-hybridized carbons (Fsp3) is 0.900. The monoisotopic (exact) mass is 200 g/mol. The molecule has 0 radical (unpaired) electrons. The van der Waals surface area contributed by atoms with Gasteiger partial charge in [0, 0.05) is 19.2 Å². The first-order valence-electron chi connectivity index (χ1n) is 5.36. The van der Waals surface area contributed by atoms with Crippen LogP contribution in [0.4, 0.5) is 0 Å². The maximum atomic E-state index is 11.7. The number of amides is 1. The molecule has 0 aliphatic carbocycles. The van der Waals surface area contributed by atoms with Crippen molar-refractivity contribution < 1.29 is 9.53 Å². The van der Waals surface area contributed by atoms with Gasteiger partial charge in [-0.05, 0) is 19.3 Å². The summed E-state index contributed by atoms with van der Waals surface area (Å²) in [4.78, 5) is 11.7. The Labute approximate surface area is 85.2 Å². The Kier molecular flexibility index (Phi) is 4.90. The van der Waals surface area contributed by atoms with Crippen LogP contribution in [0.2, 0.25) is 0 Å². The molecule has 3 N–H and O–H groups in total. The van der Waals surface area contributed by atoms with Crippen LogP contribution in [-0.4, -0.2) is 31.7 Å². The number of carbonyl (C=O) groups is 1. The average Bonchev–Trinajstić information content (AvgIpc) is 2.26. The molecule has 0 aromatic heterocycles. The smallest absolute Gasteiger partial charge is 0.225 e. The lowest BCUT2D eigenvalue weighted by molar-refractivity contribution is -0.129. The molecule has 4 nitrogen and oxygen atoms in total. The normalized spacial score (nSPS) is 24.3. The van der Waals surface area contributed by atoms with Gasteiger partial charge in [0.1, 0.15) is 0 Å². The second-order valence-electron chi connectivity index (χ2n) is 3.76. The molecule has 1 saturated heterocycles. The molecule has 0 aromatic carbocycles. The molecule has 2 atom stereocenters. The SMILES string of the molecule is CCC(CN)NC(=O)C1CCCOC1. The van der Waals surface area contributed by atoms with Crippen molar-refractivity contribution in [3.63, 3.8) is 0 Å². The first-order valence-corrected chi connectivity index (χ1v) is 5.36. The number of nitrogens with two attached hydrogens (primary N) is 1. The van der Waals surface area contributed by atoms with Gasteiger partial charge in [0.2, 0.25) is 5.91 Å². The van der Waals surface area contributed by atoms with E-state index < -0.39 is 0 Å². The molecular weight excluding hydrogens is 180 g/mol. The van der Waals surface area contributed by atoms with Gasteiger partial charge >= 0.3 is 0 Å². The highest BCUT2D eigenvalue weighted by Gasteiger charge is 2.22. The van der Waals surface area contributed by atoms with Crippen molar-refractivity contribution >= 4 is 5.91 Å². The van der Waals surface area contributed by atoms with Crippen molar-refractivity contribution in [2.75, 3.05) is 19.8 Å². The zero-order valence-corrected chi connectivity index (χ0v) is 8.79. The average molecular weight is 200 g/mol. The zero-order chi connectivity index (χ0) is 10.4. The van der Waals surface area contributed by atoms with Crippen molar-refractivity contribution in [1.82, 2.24) is 5.32 Å². The van der Waals surface area contributed by atoms with Gasteiger partial charge in [-0.15, -0.1) is 0 Å². The second kappa shape index (κ2) is 5.98. The van der Waals surface area contributed by atoms with Crippen molar-refractivity contribution in [3.8, 4) is 0 Å². The molecule has 0 spiro atoms. The van der Waals surface area contributed by atoms with Crippen LogP contribution in [0.3, 0.4) is 0 Å². The van der Waals surface area contributed by atoms with E-state index in [0.29, 0.717) is 13.2 Å². The molecular formula is C10H20N2O2. The Hall–Kier alpha value is -0.610. The number of rotatable bonds is 4. The highest BCUT2D eigenvalue weighted by molar-refractivity contribution is 5.79. The number of hydrogen-bond donors (Lipinski definition) is 2. The van der Waals surface area contributed by atoms with E-state index in [4.69, 9.17) is 10.5 Å². The molecule has 1 amide bonds. The minimum Gasteiger partial charge on any atom is -0.381 e. The molecule has 14 heavy (non-hydrogen) atoms. The third-order valence-corrected chi connectivity index (χ3v) is 2.65. The quantitative estimate of drug-likeness (QED) is 0.684. The largest absolute Gasteiger partial charge is 0.381 e. The minimum atomic E-state index is 0.0318. The molecule has 1 aliphatic heterocycles. The standard InChI is InChI=1S/C10H20N2O2/c1-2-9(6-11)12-10(13)8-4-3-5-14-7-8/h8-9H,2-7,11H2,1H3,(H,12,13). The van der Waals surface area contributed by atoms with Crippen LogP contribution in [0.5, 0.6) is 0 Å². The maximum absolute atomic E-state index is 11.7. The van der Waals surface area contributed by atoms with Gasteiger partial charge in [0.05, 0.1) is 12.5 Å². The molecule has 0 aromatic rings. The molecule has 1 aliphatic rings. The molecule has 0 bridgehead atoms. The summed E-state index contributed by atoms with van der Waals surface area (Å²) in [6.45, 7) is 3.88. The Morgan fingerprint density at radius 1 is 1.71 bits per heavy atom. The summed E-state index contributed by atoms with van der Waals surface area (Å²) in [6, 6.07) is 0.115. The Bertz CT molecular complexity index is 175. The van der Waals surface area contributed by atoms with Crippen molar-refractivity contribution in [2.24, 2.45) is 11.7 Å². The summed E-state index contributed by atoms with van der Waals surface area (Å²) in [6.07, 6.45) is 2.81. The van der Waals surface area contributed by atoms with Gasteiger partial charge < -0.3 is 15.8 Å². The highest BCUT2D eigenvalue weighted by atomic mass is 16.5. The third kappa shape index (κ3) is 3.27. The lowest BCUT2D eigenvalue weighted by Gasteiger charge is -2.23. The van der Waals surface area contributed by atoms with Crippen molar-refractivity contribution in [3.05, 3.63) is 0 Å². The van der Waals surface area contributed by atoms with E-state index in [1.807, 2.05) is 6.92 Å². The fourth-order valence-corrected chi connectivity index (χ4v) is 1.59. The third-order valence-electron chi connectivity index (χ3n) is 2.65. The van der Waals surface area contributed by atoms with E-state index in [1.165, 1.54) is 0 Å². The Morgan fingerprint density at radius 2 is 2.50 bits per heavy atom. The van der Waals surface area contributed by atoms with Crippen LogP contribution in [-0.2, 0) is 9.53 Å². The summed E-state index contributed by atoms with van der Waals surface area (Å²) in [7, 11) is 0. The lowest BCUT2D eigenvalue weighted by atomic mass is 10.0. The zero-order valence-electron chi connectivity index (χ0n) is 8.79. The van der Waals surface area contributed by atoms with Gasteiger partial charge in [-0.25, -0.2) is 0 Å². The summed E-state index contributed by atoms with van der Waals surface area (Å²) < 4.78 is 5.26. The molecule has 4 heteroatoms. The number of hydrogen-bond acceptors (Lipinski definition) is 3. The van der Waals surface area contributed by atoms with Gasteiger partial charge in [-0.3, -0.25) is 4.79 Å². The Balaban J connectivity index is 2.32. The first kappa shape index (κ1) is 11.5. The number of ether oxygens (including phenoxy) is 1. The van der Waals surface area contributed by atoms with Gasteiger partial charge in [0.15, 0.2) is 0 Å². The van der Waals surface area contributed by atoms with Gasteiger partial charge in [-0.2, -0.15) is 0 Å². The molecule has 1 heterocycles. The van der Waals surface area contributed by atoms with Crippen molar-refractivity contribution in [1.29, 1.82) is 0 Å². The summed E-state index contributed by atoms with van der Waals surface area (Å²) in [5.74, 6) is 0.131. The predicted molar refractivity (Wildman–Crippen MR) is 54.8 cm³/mol. The summed E-state index contributed by atoms with van der Waals surface area (Å²) >= 11 is 0. The van der Waals surface area contributed by atoms with E-state index in [9.17, 15) is 4.79 Å². The summed E-state index contributed by atoms with van der Waals surface area (Å²) in [5, 5.41) is 2.94. The van der Waals surface area contributed by atoms with Crippen LogP contribution in [0, 0.1) is 5.92 Å². The number of carbonyl (C=O) groups excluding carboxylic acids is 1. The molecule has 2 unspecified atom stereocenters. The molecule has 0 saturated carbocycles. The second-order valence-corrected chi connectivity index (χ2v) is 3.76. The van der Waals surface area contributed by atoms with E-state index >= 15 is 0 Å². The van der Waals surface area contributed by atoms with E-state index in [1.54, 1.807) is 0 Å². The maximum Gasteiger partial charge on any atom is 0.225 e. The lowest BCUT2D eigenvalue weighted by Crippen LogP contribution is -2.44. The number of nitrogens with one attached hydrogen (secondary N) is 1. The van der Waals surface area contributed by atoms with Gasteiger partial charge in [-0.1, -0.05) is 6.92 Å². The minimum absolute atomic E-state index is 0.0318. The van der Waals surface area contributed by atoms with E-state index in [-0.39, 0.29) is 17.9 Å². The summed E-state index contributed by atoms with van der Waals surface area (Å²) in [5.41, 5.74) is 5.52. The molecule has 1 rings (SSSR count). The van der Waals surface area contributed by atoms with Crippen LogP contribution in [0.1, 0.15) is 26.2 Å². The van der Waals surface area contributed by atoms with Crippen LogP contribution in [0.15, 0.2) is 0 Å². The fourth-order valence-electron chi connectivity index (χ4n) is 1.59. The van der Waals surface area contributed by atoms with E-state index in [0.717, 1.165) is 25.9 Å². The topological polar surface area (TPSA) is 64.3 Å². The van der Waals surface area contributed by atoms with Crippen LogP contribution in [0.25, 0.3) is 0 Å². The molecule has 1 fully saturated rings. The van der Waals surface area contributed by atoms with Crippen molar-refractivity contribution in [2.45, 2.75) is 32.2 Å². The molecule has 82 valence electrons. The first-order chi connectivity index (χ1) is 6.77. The van der Waals surface area contributed by atoms with Gasteiger partial charge in [0.25, 0.3) is 0 Å².